The number of para-hydroxylation sites is 1. The molecule has 1 fully saturated rings. The largest absolute Gasteiger partial charge is 0.379 e. The summed E-state index contributed by atoms with van der Waals surface area (Å²) in [5, 5.41) is 8.07. The number of ether oxygens (including phenoxy) is 1. The lowest BCUT2D eigenvalue weighted by molar-refractivity contribution is 0.0863. The molecule has 0 saturated carbocycles. The number of hydrogen-bond acceptors (Lipinski definition) is 4. The van der Waals surface area contributed by atoms with Gasteiger partial charge in [-0.05, 0) is 25.0 Å². The number of nitrogens with zero attached hydrogens (tertiary/aromatic N) is 3. The van der Waals surface area contributed by atoms with E-state index >= 15 is 0 Å². The molecule has 3 rings (SSSR count). The molecule has 0 bridgehead atoms. The molecule has 1 aliphatic rings. The van der Waals surface area contributed by atoms with Gasteiger partial charge in [-0.15, -0.1) is 5.10 Å². The van der Waals surface area contributed by atoms with Crippen LogP contribution in [0.15, 0.2) is 24.3 Å². The predicted octanol–water partition coefficient (Wildman–Crippen LogP) is 3.34. The molecule has 0 aliphatic carbocycles. The zero-order valence-corrected chi connectivity index (χ0v) is 15.5. The molecule has 25 heavy (non-hydrogen) atoms. The number of carbonyl (C=O) groups is 1. The Balaban J connectivity index is 1.94. The maximum Gasteiger partial charge on any atom is 0.291 e. The lowest BCUT2D eigenvalue weighted by Crippen LogP contribution is -2.48. The number of aromatic nitrogens is 3. The van der Waals surface area contributed by atoms with Gasteiger partial charge >= 0.3 is 0 Å². The fourth-order valence-corrected chi connectivity index (χ4v) is 3.18. The van der Waals surface area contributed by atoms with E-state index in [0.717, 1.165) is 12.8 Å². The Morgan fingerprint density at radius 3 is 2.80 bits per heavy atom. The number of rotatable bonds is 5. The van der Waals surface area contributed by atoms with E-state index < -0.39 is 0 Å². The van der Waals surface area contributed by atoms with Gasteiger partial charge in [0.2, 0.25) is 5.82 Å². The van der Waals surface area contributed by atoms with E-state index in [4.69, 9.17) is 16.3 Å². The van der Waals surface area contributed by atoms with Crippen LogP contribution >= 0.6 is 11.6 Å². The third kappa shape index (κ3) is 3.55. The van der Waals surface area contributed by atoms with Crippen LogP contribution < -0.4 is 5.32 Å². The van der Waals surface area contributed by atoms with Crippen molar-refractivity contribution in [2.45, 2.75) is 45.1 Å². The average molecular weight is 363 g/mol. The molecule has 1 aliphatic heterocycles. The highest BCUT2D eigenvalue weighted by Gasteiger charge is 2.36. The van der Waals surface area contributed by atoms with Crippen molar-refractivity contribution in [2.75, 3.05) is 13.2 Å². The second kappa shape index (κ2) is 7.14. The summed E-state index contributed by atoms with van der Waals surface area (Å²) in [5.41, 5.74) is 0.388. The lowest BCUT2D eigenvalue weighted by Gasteiger charge is -2.26. The first-order valence-electron chi connectivity index (χ1n) is 8.58. The molecule has 0 radical (unpaired) electrons. The molecule has 1 atom stereocenters. The van der Waals surface area contributed by atoms with Gasteiger partial charge in [0.05, 0.1) is 22.9 Å². The van der Waals surface area contributed by atoms with Crippen molar-refractivity contribution >= 4 is 17.5 Å². The van der Waals surface area contributed by atoms with Crippen molar-refractivity contribution in [2.24, 2.45) is 0 Å². The Morgan fingerprint density at radius 2 is 2.20 bits per heavy atom. The summed E-state index contributed by atoms with van der Waals surface area (Å²) in [6.45, 7) is 7.25. The molecule has 1 N–H and O–H groups in total. The zero-order valence-electron chi connectivity index (χ0n) is 14.8. The highest BCUT2D eigenvalue weighted by Crippen LogP contribution is 2.25. The van der Waals surface area contributed by atoms with Crippen LogP contribution in [0.2, 0.25) is 5.02 Å². The monoisotopic (exact) mass is 362 g/mol. The molecule has 7 heteroatoms. The Morgan fingerprint density at radius 1 is 1.44 bits per heavy atom. The molecule has 134 valence electrons. The van der Waals surface area contributed by atoms with E-state index in [0.29, 0.717) is 29.7 Å². The van der Waals surface area contributed by atoms with Crippen LogP contribution in [0.1, 0.15) is 56.0 Å². The van der Waals surface area contributed by atoms with Gasteiger partial charge in [0.1, 0.15) is 5.82 Å². The van der Waals surface area contributed by atoms with Crippen LogP contribution in [-0.2, 0) is 4.74 Å². The number of carbonyl (C=O) groups excluding carboxylic acids is 1. The van der Waals surface area contributed by atoms with E-state index in [1.165, 1.54) is 0 Å². The zero-order chi connectivity index (χ0) is 18.0. The lowest BCUT2D eigenvalue weighted by atomic mass is 9.95. The number of hydrogen-bond donors (Lipinski definition) is 1. The second-order valence-electron chi connectivity index (χ2n) is 6.70. The molecule has 1 aromatic carbocycles. The summed E-state index contributed by atoms with van der Waals surface area (Å²) in [4.78, 5) is 17.2. The highest BCUT2D eigenvalue weighted by atomic mass is 35.5. The number of halogens is 1. The first-order chi connectivity index (χ1) is 12.0. The minimum absolute atomic E-state index is 0.0975. The molecule has 1 unspecified atom stereocenters. The van der Waals surface area contributed by atoms with Crippen LogP contribution in [0.25, 0.3) is 5.69 Å². The Labute approximate surface area is 152 Å². The summed E-state index contributed by atoms with van der Waals surface area (Å²) in [6, 6.07) is 7.40. The highest BCUT2D eigenvalue weighted by molar-refractivity contribution is 6.32. The quantitative estimate of drug-likeness (QED) is 0.885. The molecule has 1 amide bonds. The molecule has 2 heterocycles. The first kappa shape index (κ1) is 17.9. The fraction of sp³-hybridized carbons (Fsp3) is 0.500. The predicted molar refractivity (Wildman–Crippen MR) is 96.4 cm³/mol. The maximum atomic E-state index is 12.7. The number of benzene rings is 1. The molecular formula is C18H23ClN4O2. The van der Waals surface area contributed by atoms with Crippen molar-refractivity contribution in [1.29, 1.82) is 0 Å². The molecule has 2 aromatic rings. The fourth-order valence-electron chi connectivity index (χ4n) is 2.96. The third-order valence-electron chi connectivity index (χ3n) is 4.59. The van der Waals surface area contributed by atoms with Crippen molar-refractivity contribution in [1.82, 2.24) is 20.1 Å². The summed E-state index contributed by atoms with van der Waals surface area (Å²) in [5.74, 6) is 0.676. The van der Waals surface area contributed by atoms with Gasteiger partial charge in [0.25, 0.3) is 5.91 Å². The van der Waals surface area contributed by atoms with E-state index in [2.05, 4.69) is 15.4 Å². The Hall–Kier alpha value is -1.92. The van der Waals surface area contributed by atoms with Crippen LogP contribution in [-0.4, -0.2) is 39.4 Å². The maximum absolute atomic E-state index is 12.7. The smallest absolute Gasteiger partial charge is 0.291 e. The minimum Gasteiger partial charge on any atom is -0.379 e. The van der Waals surface area contributed by atoms with Crippen LogP contribution in [0.5, 0.6) is 0 Å². The first-order valence-corrected chi connectivity index (χ1v) is 8.95. The topological polar surface area (TPSA) is 69.0 Å². The molecule has 1 aromatic heterocycles. The van der Waals surface area contributed by atoms with Crippen molar-refractivity contribution in [3.05, 3.63) is 40.9 Å². The van der Waals surface area contributed by atoms with Crippen LogP contribution in [0, 0.1) is 0 Å². The van der Waals surface area contributed by atoms with Crippen LogP contribution in [0.4, 0.5) is 0 Å². The molecule has 0 spiro atoms. The number of amides is 1. The van der Waals surface area contributed by atoms with Crippen molar-refractivity contribution in [3.63, 3.8) is 0 Å². The van der Waals surface area contributed by atoms with Crippen molar-refractivity contribution in [3.8, 4) is 5.69 Å². The van der Waals surface area contributed by atoms with Crippen molar-refractivity contribution < 1.29 is 9.53 Å². The van der Waals surface area contributed by atoms with Gasteiger partial charge in [-0.25, -0.2) is 9.67 Å². The van der Waals surface area contributed by atoms with Gasteiger partial charge < -0.3 is 10.1 Å². The number of nitrogens with one attached hydrogen (secondary N) is 1. The van der Waals surface area contributed by atoms with Gasteiger partial charge in [0, 0.05) is 12.5 Å². The van der Waals surface area contributed by atoms with Gasteiger partial charge in [-0.2, -0.15) is 0 Å². The van der Waals surface area contributed by atoms with E-state index in [1.807, 2.05) is 39.0 Å². The summed E-state index contributed by atoms with van der Waals surface area (Å²) < 4.78 is 7.12. The second-order valence-corrected chi connectivity index (χ2v) is 7.11. The Kier molecular flexibility index (Phi) is 5.11. The SMILES string of the molecule is CCC1(NC(=O)c2nc(C(C)C)n(-c3ccccc3Cl)n2)CCOC1. The molecular weight excluding hydrogens is 340 g/mol. The van der Waals surface area contributed by atoms with Crippen LogP contribution in [0.3, 0.4) is 0 Å². The standard InChI is InChI=1S/C18H23ClN4O2/c1-4-18(9-10-25-11-18)21-17(24)15-20-16(12(2)3)23(22-15)14-8-6-5-7-13(14)19/h5-8,12H,4,9-11H2,1-3H3,(H,21,24). The summed E-state index contributed by atoms with van der Waals surface area (Å²) in [7, 11) is 0. The van der Waals surface area contributed by atoms with E-state index in [9.17, 15) is 4.79 Å². The minimum atomic E-state index is -0.328. The summed E-state index contributed by atoms with van der Waals surface area (Å²) >= 11 is 6.30. The molecule has 1 saturated heterocycles. The van der Waals surface area contributed by atoms with Gasteiger partial charge in [-0.3, -0.25) is 4.79 Å². The normalized spacial score (nSPS) is 20.2. The average Bonchev–Trinajstić information content (AvgIpc) is 3.23. The van der Waals surface area contributed by atoms with E-state index in [1.54, 1.807) is 10.7 Å². The van der Waals surface area contributed by atoms with Gasteiger partial charge in [0.15, 0.2) is 0 Å². The molecule has 6 nitrogen and oxygen atoms in total. The summed E-state index contributed by atoms with van der Waals surface area (Å²) in [6.07, 6.45) is 1.61. The third-order valence-corrected chi connectivity index (χ3v) is 4.91. The Bertz CT molecular complexity index is 766. The van der Waals surface area contributed by atoms with Gasteiger partial charge in [-0.1, -0.05) is 44.5 Å². The van der Waals surface area contributed by atoms with E-state index in [-0.39, 0.29) is 23.2 Å².